The maximum absolute atomic E-state index is 13.6. The SMILES string of the molecule is Cc1cc(Nc2c(F)cc(Br)cc2F)ccc1N. The molecule has 2 rings (SSSR count). The van der Waals surface area contributed by atoms with E-state index in [-0.39, 0.29) is 5.69 Å². The van der Waals surface area contributed by atoms with Crippen molar-refractivity contribution in [2.75, 3.05) is 11.1 Å². The van der Waals surface area contributed by atoms with E-state index in [2.05, 4.69) is 21.2 Å². The fraction of sp³-hybridized carbons (Fsp3) is 0.0769. The van der Waals surface area contributed by atoms with Crippen LogP contribution in [0.2, 0.25) is 0 Å². The van der Waals surface area contributed by atoms with Crippen molar-refractivity contribution in [2.45, 2.75) is 6.92 Å². The van der Waals surface area contributed by atoms with Crippen molar-refractivity contribution in [1.82, 2.24) is 0 Å². The third-order valence-electron chi connectivity index (χ3n) is 2.55. The monoisotopic (exact) mass is 312 g/mol. The highest BCUT2D eigenvalue weighted by atomic mass is 79.9. The van der Waals surface area contributed by atoms with Crippen molar-refractivity contribution in [3.05, 3.63) is 52.0 Å². The van der Waals surface area contributed by atoms with Crippen LogP contribution < -0.4 is 11.1 Å². The van der Waals surface area contributed by atoms with E-state index in [0.29, 0.717) is 15.8 Å². The smallest absolute Gasteiger partial charge is 0.150 e. The predicted molar refractivity (Wildman–Crippen MR) is 72.9 cm³/mol. The lowest BCUT2D eigenvalue weighted by Crippen LogP contribution is -1.99. The molecule has 0 aliphatic heterocycles. The topological polar surface area (TPSA) is 38.0 Å². The molecule has 0 fully saturated rings. The third-order valence-corrected chi connectivity index (χ3v) is 3.00. The van der Waals surface area contributed by atoms with Gasteiger partial charge in [0, 0.05) is 15.8 Å². The average molecular weight is 313 g/mol. The van der Waals surface area contributed by atoms with Gasteiger partial charge in [-0.15, -0.1) is 0 Å². The molecule has 2 aromatic rings. The fourth-order valence-corrected chi connectivity index (χ4v) is 1.96. The van der Waals surface area contributed by atoms with E-state index < -0.39 is 11.6 Å². The van der Waals surface area contributed by atoms with Crippen LogP contribution in [0.15, 0.2) is 34.8 Å². The van der Waals surface area contributed by atoms with E-state index in [9.17, 15) is 8.78 Å². The zero-order chi connectivity index (χ0) is 13.3. The summed E-state index contributed by atoms with van der Waals surface area (Å²) in [6.45, 7) is 1.83. The lowest BCUT2D eigenvalue weighted by molar-refractivity contribution is 0.589. The number of rotatable bonds is 2. The number of nitrogens with one attached hydrogen (secondary N) is 1. The summed E-state index contributed by atoms with van der Waals surface area (Å²) in [5, 5.41) is 2.71. The van der Waals surface area contributed by atoms with Gasteiger partial charge in [-0.05, 0) is 42.8 Å². The molecule has 5 heteroatoms. The van der Waals surface area contributed by atoms with Gasteiger partial charge in [-0.2, -0.15) is 0 Å². The molecular weight excluding hydrogens is 302 g/mol. The molecule has 3 N–H and O–H groups in total. The van der Waals surface area contributed by atoms with Crippen LogP contribution in [0.3, 0.4) is 0 Å². The van der Waals surface area contributed by atoms with Gasteiger partial charge in [0.1, 0.15) is 5.69 Å². The number of benzene rings is 2. The van der Waals surface area contributed by atoms with Crippen molar-refractivity contribution in [1.29, 1.82) is 0 Å². The van der Waals surface area contributed by atoms with Gasteiger partial charge in [-0.1, -0.05) is 15.9 Å². The molecule has 2 nitrogen and oxygen atoms in total. The molecule has 0 heterocycles. The highest BCUT2D eigenvalue weighted by molar-refractivity contribution is 9.10. The Balaban J connectivity index is 2.37. The van der Waals surface area contributed by atoms with Gasteiger partial charge in [0.05, 0.1) is 0 Å². The Bertz CT molecular complexity index is 577. The summed E-state index contributed by atoms with van der Waals surface area (Å²) in [4.78, 5) is 0. The van der Waals surface area contributed by atoms with Gasteiger partial charge in [0.15, 0.2) is 11.6 Å². The standard InChI is InChI=1S/C13H11BrF2N2/c1-7-4-9(2-3-12(7)17)18-13-10(15)5-8(14)6-11(13)16/h2-6,18H,17H2,1H3. The van der Waals surface area contributed by atoms with Crippen molar-refractivity contribution in [3.63, 3.8) is 0 Å². The molecule has 0 unspecified atom stereocenters. The zero-order valence-corrected chi connectivity index (χ0v) is 11.2. The van der Waals surface area contributed by atoms with Gasteiger partial charge in [0.25, 0.3) is 0 Å². The first-order chi connectivity index (χ1) is 8.47. The van der Waals surface area contributed by atoms with Crippen LogP contribution in [0.1, 0.15) is 5.56 Å². The Morgan fingerprint density at radius 1 is 1.11 bits per heavy atom. The van der Waals surface area contributed by atoms with Crippen molar-refractivity contribution in [3.8, 4) is 0 Å². The molecular formula is C13H11BrF2N2. The van der Waals surface area contributed by atoms with Gasteiger partial charge in [-0.3, -0.25) is 0 Å². The molecule has 0 saturated heterocycles. The third kappa shape index (κ3) is 2.61. The molecule has 0 aliphatic carbocycles. The number of nitrogens with two attached hydrogens (primary N) is 1. The zero-order valence-electron chi connectivity index (χ0n) is 9.60. The van der Waals surface area contributed by atoms with Crippen LogP contribution in [0.25, 0.3) is 0 Å². The van der Waals surface area contributed by atoms with Crippen LogP contribution in [-0.4, -0.2) is 0 Å². The number of aryl methyl sites for hydroxylation is 1. The number of nitrogen functional groups attached to an aromatic ring is 1. The lowest BCUT2D eigenvalue weighted by atomic mass is 10.1. The Hall–Kier alpha value is -1.62. The Labute approximate surface area is 112 Å². The predicted octanol–water partition coefficient (Wildman–Crippen LogP) is 4.36. The first-order valence-electron chi connectivity index (χ1n) is 5.25. The second-order valence-electron chi connectivity index (χ2n) is 3.94. The van der Waals surface area contributed by atoms with E-state index in [1.165, 1.54) is 12.1 Å². The summed E-state index contributed by atoms with van der Waals surface area (Å²) in [5.74, 6) is -1.31. The van der Waals surface area contributed by atoms with Crippen LogP contribution in [0.4, 0.5) is 25.8 Å². The van der Waals surface area contributed by atoms with Gasteiger partial charge in [0.2, 0.25) is 0 Å². The summed E-state index contributed by atoms with van der Waals surface area (Å²) >= 11 is 3.03. The largest absolute Gasteiger partial charge is 0.399 e. The minimum Gasteiger partial charge on any atom is -0.399 e. The van der Waals surface area contributed by atoms with Crippen molar-refractivity contribution in [2.24, 2.45) is 0 Å². The molecule has 18 heavy (non-hydrogen) atoms. The Morgan fingerprint density at radius 3 is 2.28 bits per heavy atom. The molecule has 0 aliphatic rings. The highest BCUT2D eigenvalue weighted by Gasteiger charge is 2.10. The summed E-state index contributed by atoms with van der Waals surface area (Å²) in [6, 6.07) is 7.50. The molecule has 0 saturated carbocycles. The summed E-state index contributed by atoms with van der Waals surface area (Å²) in [7, 11) is 0. The second kappa shape index (κ2) is 4.94. The quantitative estimate of drug-likeness (QED) is 0.808. The molecule has 0 bridgehead atoms. The maximum atomic E-state index is 13.6. The van der Waals surface area contributed by atoms with Gasteiger partial charge in [-0.25, -0.2) is 8.78 Å². The number of hydrogen-bond donors (Lipinski definition) is 2. The van der Waals surface area contributed by atoms with E-state index in [0.717, 1.165) is 5.56 Å². The Morgan fingerprint density at radius 2 is 1.72 bits per heavy atom. The van der Waals surface area contributed by atoms with Crippen LogP contribution in [-0.2, 0) is 0 Å². The summed E-state index contributed by atoms with van der Waals surface area (Å²) in [5.41, 5.74) is 7.57. The van der Waals surface area contributed by atoms with E-state index in [4.69, 9.17) is 5.73 Å². The number of anilines is 3. The molecule has 0 atom stereocenters. The minimum atomic E-state index is -0.656. The Kier molecular flexibility index (Phi) is 3.52. The number of hydrogen-bond acceptors (Lipinski definition) is 2. The summed E-state index contributed by atoms with van der Waals surface area (Å²) < 4.78 is 27.6. The van der Waals surface area contributed by atoms with Gasteiger partial charge >= 0.3 is 0 Å². The highest BCUT2D eigenvalue weighted by Crippen LogP contribution is 2.28. The van der Waals surface area contributed by atoms with E-state index in [1.54, 1.807) is 18.2 Å². The maximum Gasteiger partial charge on any atom is 0.150 e. The average Bonchev–Trinajstić information content (AvgIpc) is 2.28. The molecule has 0 aromatic heterocycles. The minimum absolute atomic E-state index is 0.178. The second-order valence-corrected chi connectivity index (χ2v) is 4.86. The van der Waals surface area contributed by atoms with Crippen LogP contribution in [0.5, 0.6) is 0 Å². The molecule has 0 radical (unpaired) electrons. The van der Waals surface area contributed by atoms with Crippen molar-refractivity contribution >= 4 is 33.0 Å². The fourth-order valence-electron chi connectivity index (χ4n) is 1.56. The molecule has 2 aromatic carbocycles. The first kappa shape index (κ1) is 12.8. The number of halogens is 3. The normalized spacial score (nSPS) is 10.4. The first-order valence-corrected chi connectivity index (χ1v) is 6.04. The molecule has 0 amide bonds. The van der Waals surface area contributed by atoms with Gasteiger partial charge < -0.3 is 11.1 Å². The molecule has 94 valence electrons. The van der Waals surface area contributed by atoms with Crippen molar-refractivity contribution < 1.29 is 8.78 Å². The van der Waals surface area contributed by atoms with Crippen LogP contribution in [0, 0.1) is 18.6 Å². The molecule has 0 spiro atoms. The van der Waals surface area contributed by atoms with E-state index >= 15 is 0 Å². The lowest BCUT2D eigenvalue weighted by Gasteiger charge is -2.10. The summed E-state index contributed by atoms with van der Waals surface area (Å²) in [6.07, 6.45) is 0. The van der Waals surface area contributed by atoms with E-state index in [1.807, 2.05) is 6.92 Å². The van der Waals surface area contributed by atoms with Crippen LogP contribution >= 0.6 is 15.9 Å².